The van der Waals surface area contributed by atoms with Crippen molar-refractivity contribution in [2.75, 3.05) is 5.73 Å². The van der Waals surface area contributed by atoms with E-state index >= 15 is 0 Å². The molecule has 0 aliphatic rings. The Kier molecular flexibility index (Phi) is 3.33. The molecule has 21 heavy (non-hydrogen) atoms. The van der Waals surface area contributed by atoms with Crippen molar-refractivity contribution < 1.29 is 4.39 Å². The van der Waals surface area contributed by atoms with Crippen molar-refractivity contribution >= 4 is 28.3 Å². The molecule has 0 unspecified atom stereocenters. The number of hydrogen-bond acceptors (Lipinski definition) is 2. The predicted octanol–water partition coefficient (Wildman–Crippen LogP) is 4.66. The molecule has 0 aliphatic heterocycles. The van der Waals surface area contributed by atoms with E-state index in [1.807, 2.05) is 24.5 Å². The van der Waals surface area contributed by atoms with Crippen molar-refractivity contribution in [3.8, 4) is 11.4 Å². The van der Waals surface area contributed by atoms with Crippen molar-refractivity contribution in [3.05, 3.63) is 47.2 Å². The summed E-state index contributed by atoms with van der Waals surface area (Å²) >= 11 is 6.07. The number of nitrogens with two attached hydrogens (primary N) is 1. The average Bonchev–Trinajstić information content (AvgIpc) is 2.78. The van der Waals surface area contributed by atoms with E-state index in [1.165, 1.54) is 6.07 Å². The van der Waals surface area contributed by atoms with E-state index in [-0.39, 0.29) is 11.9 Å². The van der Waals surface area contributed by atoms with Crippen LogP contribution in [0.3, 0.4) is 0 Å². The van der Waals surface area contributed by atoms with E-state index in [0.717, 1.165) is 11.1 Å². The second-order valence-corrected chi connectivity index (χ2v) is 5.72. The molecule has 0 saturated carbocycles. The zero-order chi connectivity index (χ0) is 15.1. The van der Waals surface area contributed by atoms with Gasteiger partial charge in [0.25, 0.3) is 0 Å². The van der Waals surface area contributed by atoms with Crippen LogP contribution in [0.4, 0.5) is 10.1 Å². The molecule has 0 bridgehead atoms. The number of para-hydroxylation sites is 1. The first kappa shape index (κ1) is 13.9. The van der Waals surface area contributed by atoms with Gasteiger partial charge < -0.3 is 10.3 Å². The molecule has 0 saturated heterocycles. The van der Waals surface area contributed by atoms with E-state index in [2.05, 4.69) is 4.98 Å². The number of benzene rings is 2. The molecule has 3 nitrogen and oxygen atoms in total. The van der Waals surface area contributed by atoms with Crippen LogP contribution in [0.5, 0.6) is 0 Å². The van der Waals surface area contributed by atoms with E-state index in [4.69, 9.17) is 17.3 Å². The summed E-state index contributed by atoms with van der Waals surface area (Å²) in [4.78, 5) is 4.46. The minimum Gasteiger partial charge on any atom is -0.399 e. The number of anilines is 1. The lowest BCUT2D eigenvalue weighted by Crippen LogP contribution is -2.03. The third-order valence-corrected chi connectivity index (χ3v) is 3.58. The summed E-state index contributed by atoms with van der Waals surface area (Å²) in [7, 11) is 0. The summed E-state index contributed by atoms with van der Waals surface area (Å²) < 4.78 is 16.0. The van der Waals surface area contributed by atoms with Gasteiger partial charge in [0.05, 0.1) is 5.52 Å². The van der Waals surface area contributed by atoms with Crippen LogP contribution in [-0.4, -0.2) is 9.55 Å². The third-order valence-electron chi connectivity index (χ3n) is 3.37. The quantitative estimate of drug-likeness (QED) is 0.700. The number of nitrogens with zero attached hydrogens (tertiary/aromatic N) is 2. The number of imidazole rings is 1. The molecule has 0 radical (unpaired) electrons. The Labute approximate surface area is 127 Å². The van der Waals surface area contributed by atoms with Crippen LogP contribution in [0, 0.1) is 5.82 Å². The Morgan fingerprint density at radius 3 is 2.67 bits per heavy atom. The summed E-state index contributed by atoms with van der Waals surface area (Å²) in [6.45, 7) is 4.06. The van der Waals surface area contributed by atoms with Crippen LogP contribution < -0.4 is 5.73 Å². The number of aromatic nitrogens is 2. The minimum absolute atomic E-state index is 0.131. The van der Waals surface area contributed by atoms with Gasteiger partial charge in [0.15, 0.2) is 5.82 Å². The molecule has 2 aromatic carbocycles. The molecule has 3 rings (SSSR count). The second kappa shape index (κ2) is 5.04. The van der Waals surface area contributed by atoms with Crippen molar-refractivity contribution in [1.82, 2.24) is 9.55 Å². The molecule has 0 atom stereocenters. The Morgan fingerprint density at radius 2 is 2.00 bits per heavy atom. The Balaban J connectivity index is 2.36. The van der Waals surface area contributed by atoms with Gasteiger partial charge in [0, 0.05) is 22.3 Å². The topological polar surface area (TPSA) is 43.8 Å². The van der Waals surface area contributed by atoms with Crippen LogP contribution in [0.2, 0.25) is 5.02 Å². The molecule has 0 spiro atoms. The molecule has 2 N–H and O–H groups in total. The number of fused-ring (bicyclic) bond motifs is 1. The van der Waals surface area contributed by atoms with Gasteiger partial charge >= 0.3 is 0 Å². The zero-order valence-corrected chi connectivity index (χ0v) is 12.5. The Hall–Kier alpha value is -2.07. The molecule has 1 aromatic heterocycles. The largest absolute Gasteiger partial charge is 0.399 e. The maximum absolute atomic E-state index is 14.0. The van der Waals surface area contributed by atoms with Gasteiger partial charge in [-0.05, 0) is 44.2 Å². The smallest absolute Gasteiger partial charge is 0.151 e. The van der Waals surface area contributed by atoms with Crippen LogP contribution in [0.1, 0.15) is 19.9 Å². The fourth-order valence-corrected chi connectivity index (χ4v) is 2.79. The lowest BCUT2D eigenvalue weighted by Gasteiger charge is -2.13. The van der Waals surface area contributed by atoms with E-state index in [9.17, 15) is 4.39 Å². The average molecular weight is 304 g/mol. The van der Waals surface area contributed by atoms with Crippen molar-refractivity contribution in [1.29, 1.82) is 0 Å². The first-order valence-corrected chi connectivity index (χ1v) is 7.08. The summed E-state index contributed by atoms with van der Waals surface area (Å²) in [5, 5.41) is 0.535. The van der Waals surface area contributed by atoms with Gasteiger partial charge in [-0.15, -0.1) is 0 Å². The Bertz CT molecular complexity index is 803. The SMILES string of the molecule is CC(C)n1c(-c2cc(N)cc(Cl)c2)nc2c(F)cccc21. The van der Waals surface area contributed by atoms with Crippen LogP contribution in [-0.2, 0) is 0 Å². The summed E-state index contributed by atoms with van der Waals surface area (Å²) in [5.74, 6) is 0.336. The van der Waals surface area contributed by atoms with Gasteiger partial charge in [-0.3, -0.25) is 0 Å². The van der Waals surface area contributed by atoms with E-state index < -0.39 is 0 Å². The highest BCUT2D eigenvalue weighted by Crippen LogP contribution is 2.32. The van der Waals surface area contributed by atoms with Crippen LogP contribution in [0.25, 0.3) is 22.4 Å². The lowest BCUT2D eigenvalue weighted by atomic mass is 10.2. The fraction of sp³-hybridized carbons (Fsp3) is 0.188. The Morgan fingerprint density at radius 1 is 1.24 bits per heavy atom. The highest BCUT2D eigenvalue weighted by molar-refractivity contribution is 6.31. The standard InChI is InChI=1S/C16H15ClFN3/c1-9(2)21-14-5-3-4-13(18)15(14)20-16(21)10-6-11(17)8-12(19)7-10/h3-9H,19H2,1-2H3. The minimum atomic E-state index is -0.330. The maximum Gasteiger partial charge on any atom is 0.151 e. The third kappa shape index (κ3) is 2.36. The van der Waals surface area contributed by atoms with Gasteiger partial charge in [0.1, 0.15) is 11.3 Å². The normalized spacial score (nSPS) is 11.5. The summed E-state index contributed by atoms with van der Waals surface area (Å²) in [6, 6.07) is 10.4. The second-order valence-electron chi connectivity index (χ2n) is 5.28. The van der Waals surface area contributed by atoms with E-state index in [1.54, 1.807) is 24.3 Å². The fourth-order valence-electron chi connectivity index (χ4n) is 2.55. The van der Waals surface area contributed by atoms with Gasteiger partial charge in [-0.1, -0.05) is 17.7 Å². The van der Waals surface area contributed by atoms with Crippen molar-refractivity contribution in [2.45, 2.75) is 19.9 Å². The van der Waals surface area contributed by atoms with Gasteiger partial charge in [0.2, 0.25) is 0 Å². The first-order valence-electron chi connectivity index (χ1n) is 6.70. The van der Waals surface area contributed by atoms with Crippen LogP contribution in [0.15, 0.2) is 36.4 Å². The van der Waals surface area contributed by atoms with Crippen molar-refractivity contribution in [3.63, 3.8) is 0 Å². The predicted molar refractivity (Wildman–Crippen MR) is 84.9 cm³/mol. The first-order chi connectivity index (χ1) is 9.97. The number of hydrogen-bond donors (Lipinski definition) is 1. The lowest BCUT2D eigenvalue weighted by molar-refractivity contribution is 0.623. The molecule has 5 heteroatoms. The van der Waals surface area contributed by atoms with Gasteiger partial charge in [-0.2, -0.15) is 0 Å². The zero-order valence-electron chi connectivity index (χ0n) is 11.8. The molecule has 0 aliphatic carbocycles. The number of nitrogen functional groups attached to an aromatic ring is 1. The summed E-state index contributed by atoms with van der Waals surface area (Å²) in [5.41, 5.74) is 8.31. The molecule has 108 valence electrons. The van der Waals surface area contributed by atoms with Gasteiger partial charge in [-0.25, -0.2) is 9.37 Å². The molecule has 1 heterocycles. The number of rotatable bonds is 2. The van der Waals surface area contributed by atoms with Crippen molar-refractivity contribution in [2.24, 2.45) is 0 Å². The highest BCUT2D eigenvalue weighted by atomic mass is 35.5. The molecule has 0 amide bonds. The molecular weight excluding hydrogens is 289 g/mol. The summed E-state index contributed by atoms with van der Waals surface area (Å²) in [6.07, 6.45) is 0. The molecule has 0 fully saturated rings. The van der Waals surface area contributed by atoms with Crippen LogP contribution >= 0.6 is 11.6 Å². The highest BCUT2D eigenvalue weighted by Gasteiger charge is 2.17. The number of halogens is 2. The maximum atomic E-state index is 14.0. The molecular formula is C16H15ClFN3. The molecule has 3 aromatic rings. The van der Waals surface area contributed by atoms with E-state index in [0.29, 0.717) is 22.1 Å². The monoisotopic (exact) mass is 303 g/mol.